The minimum atomic E-state index is -0.661. The van der Waals surface area contributed by atoms with Gasteiger partial charge in [-0.3, -0.25) is 9.59 Å². The van der Waals surface area contributed by atoms with Gasteiger partial charge in [0.2, 0.25) is 5.91 Å². The molecule has 0 aliphatic carbocycles. The number of likely N-dealkylation sites (tertiary alicyclic amines) is 1. The molecular formula is C18H19NO4. The Morgan fingerprint density at radius 3 is 2.83 bits per heavy atom. The van der Waals surface area contributed by atoms with Crippen LogP contribution < -0.4 is 0 Å². The van der Waals surface area contributed by atoms with Gasteiger partial charge in [0.1, 0.15) is 11.5 Å². The van der Waals surface area contributed by atoms with Gasteiger partial charge in [0.25, 0.3) is 0 Å². The standard InChI is InChI=1S/C18H19NO4/c1-11-3-5-12(6-4-11)9-19-10-18-8-7-13(23-18)14(17(21)22-2)15(18)16(19)20/h3-8,13-15H,9-10H2,1-2H3/t13-,14-,15+,18+/m1/s1. The van der Waals surface area contributed by atoms with Crippen molar-refractivity contribution >= 4 is 11.9 Å². The van der Waals surface area contributed by atoms with E-state index in [1.165, 1.54) is 12.7 Å². The maximum atomic E-state index is 12.9. The lowest BCUT2D eigenvalue weighted by atomic mass is 9.77. The van der Waals surface area contributed by atoms with Gasteiger partial charge < -0.3 is 14.4 Å². The van der Waals surface area contributed by atoms with Crippen molar-refractivity contribution in [3.8, 4) is 0 Å². The van der Waals surface area contributed by atoms with Crippen LogP contribution in [0.15, 0.2) is 36.4 Å². The third-order valence-electron chi connectivity index (χ3n) is 5.15. The lowest BCUT2D eigenvalue weighted by Crippen LogP contribution is -2.39. The molecule has 4 rings (SSSR count). The highest BCUT2D eigenvalue weighted by atomic mass is 16.5. The Morgan fingerprint density at radius 2 is 2.13 bits per heavy atom. The number of hydrogen-bond acceptors (Lipinski definition) is 4. The third-order valence-corrected chi connectivity index (χ3v) is 5.15. The lowest BCUT2D eigenvalue weighted by Gasteiger charge is -2.22. The summed E-state index contributed by atoms with van der Waals surface area (Å²) in [7, 11) is 1.36. The van der Waals surface area contributed by atoms with E-state index in [9.17, 15) is 9.59 Å². The van der Waals surface area contributed by atoms with Crippen LogP contribution in [0.2, 0.25) is 0 Å². The molecule has 1 aromatic rings. The van der Waals surface area contributed by atoms with Crippen LogP contribution in [0.1, 0.15) is 11.1 Å². The van der Waals surface area contributed by atoms with Crippen LogP contribution in [0.3, 0.4) is 0 Å². The average molecular weight is 313 g/mol. The van der Waals surface area contributed by atoms with Gasteiger partial charge in [-0.25, -0.2) is 0 Å². The molecule has 3 heterocycles. The number of carbonyl (C=O) groups excluding carboxylic acids is 2. The van der Waals surface area contributed by atoms with Gasteiger partial charge in [0, 0.05) is 6.54 Å². The van der Waals surface area contributed by atoms with E-state index < -0.39 is 17.4 Å². The van der Waals surface area contributed by atoms with E-state index in [0.717, 1.165) is 5.56 Å². The zero-order valence-electron chi connectivity index (χ0n) is 13.2. The van der Waals surface area contributed by atoms with Gasteiger partial charge in [-0.05, 0) is 12.5 Å². The first-order valence-corrected chi connectivity index (χ1v) is 7.83. The number of nitrogens with zero attached hydrogens (tertiary/aromatic N) is 1. The Bertz CT molecular complexity index is 695. The second-order valence-corrected chi connectivity index (χ2v) is 6.60. The first kappa shape index (κ1) is 14.5. The predicted molar refractivity (Wildman–Crippen MR) is 82.3 cm³/mol. The molecule has 2 fully saturated rings. The van der Waals surface area contributed by atoms with Crippen LogP contribution in [0.4, 0.5) is 0 Å². The van der Waals surface area contributed by atoms with Crippen molar-refractivity contribution in [3.05, 3.63) is 47.5 Å². The normalized spacial score (nSPS) is 34.1. The highest BCUT2D eigenvalue weighted by molar-refractivity contribution is 5.91. The number of aryl methyl sites for hydroxylation is 1. The van der Waals surface area contributed by atoms with Crippen LogP contribution in [-0.2, 0) is 25.6 Å². The first-order chi connectivity index (χ1) is 11.0. The number of carbonyl (C=O) groups is 2. The third kappa shape index (κ3) is 2.03. The number of fused-ring (bicyclic) bond motifs is 1. The van der Waals surface area contributed by atoms with Crippen molar-refractivity contribution < 1.29 is 19.1 Å². The summed E-state index contributed by atoms with van der Waals surface area (Å²) < 4.78 is 10.9. The molecule has 0 unspecified atom stereocenters. The van der Waals surface area contributed by atoms with Crippen molar-refractivity contribution in [3.63, 3.8) is 0 Å². The lowest BCUT2D eigenvalue weighted by molar-refractivity contribution is -0.151. The van der Waals surface area contributed by atoms with Gasteiger partial charge in [-0.15, -0.1) is 0 Å². The number of ether oxygens (including phenoxy) is 2. The SMILES string of the molecule is COC(=O)[C@H]1[C@H]2C(=O)N(Cc3ccc(C)cc3)C[C@@]23C=C[C@H]1O3. The number of methoxy groups -OCH3 is 1. The summed E-state index contributed by atoms with van der Waals surface area (Å²) in [6, 6.07) is 8.13. The van der Waals surface area contributed by atoms with Gasteiger partial charge in [-0.2, -0.15) is 0 Å². The van der Waals surface area contributed by atoms with E-state index in [-0.39, 0.29) is 18.0 Å². The second kappa shape index (κ2) is 4.93. The molecule has 0 radical (unpaired) electrons. The molecule has 0 aromatic heterocycles. The maximum absolute atomic E-state index is 12.9. The van der Waals surface area contributed by atoms with Gasteiger partial charge in [0.15, 0.2) is 0 Å². The Labute approximate surface area is 134 Å². The quantitative estimate of drug-likeness (QED) is 0.626. The predicted octanol–water partition coefficient (Wildman–Crippen LogP) is 1.45. The van der Waals surface area contributed by atoms with Crippen molar-refractivity contribution in [2.24, 2.45) is 11.8 Å². The van der Waals surface area contributed by atoms with Crippen LogP contribution in [-0.4, -0.2) is 42.1 Å². The molecule has 120 valence electrons. The van der Waals surface area contributed by atoms with E-state index in [1.54, 1.807) is 4.90 Å². The molecule has 5 heteroatoms. The molecule has 1 aromatic carbocycles. The number of benzene rings is 1. The Kier molecular flexibility index (Phi) is 3.10. The maximum Gasteiger partial charge on any atom is 0.312 e. The minimum absolute atomic E-state index is 0.0205. The zero-order valence-corrected chi connectivity index (χ0v) is 13.2. The fourth-order valence-corrected chi connectivity index (χ4v) is 4.03. The number of rotatable bonds is 3. The van der Waals surface area contributed by atoms with Crippen LogP contribution in [0.25, 0.3) is 0 Å². The largest absolute Gasteiger partial charge is 0.469 e. The molecule has 1 spiro atoms. The molecule has 4 atom stereocenters. The van der Waals surface area contributed by atoms with E-state index in [4.69, 9.17) is 9.47 Å². The summed E-state index contributed by atoms with van der Waals surface area (Å²) in [5, 5.41) is 0. The fraction of sp³-hybridized carbons (Fsp3) is 0.444. The van der Waals surface area contributed by atoms with Crippen molar-refractivity contribution in [1.29, 1.82) is 0 Å². The number of esters is 1. The molecular weight excluding hydrogens is 294 g/mol. The van der Waals surface area contributed by atoms with Crippen LogP contribution in [0, 0.1) is 18.8 Å². The minimum Gasteiger partial charge on any atom is -0.469 e. The van der Waals surface area contributed by atoms with Gasteiger partial charge in [-0.1, -0.05) is 42.0 Å². The molecule has 0 N–H and O–H groups in total. The molecule has 2 bridgehead atoms. The molecule has 5 nitrogen and oxygen atoms in total. The summed E-state index contributed by atoms with van der Waals surface area (Å²) in [5.74, 6) is -1.37. The van der Waals surface area contributed by atoms with Crippen molar-refractivity contribution in [2.45, 2.75) is 25.2 Å². The molecule has 0 saturated carbocycles. The Hall–Kier alpha value is -2.14. The topological polar surface area (TPSA) is 55.8 Å². The zero-order chi connectivity index (χ0) is 16.2. The summed E-state index contributed by atoms with van der Waals surface area (Å²) in [4.78, 5) is 26.8. The van der Waals surface area contributed by atoms with Crippen molar-refractivity contribution in [2.75, 3.05) is 13.7 Å². The highest BCUT2D eigenvalue weighted by Crippen LogP contribution is 2.52. The molecule has 2 saturated heterocycles. The Balaban J connectivity index is 1.60. The Morgan fingerprint density at radius 1 is 1.39 bits per heavy atom. The van der Waals surface area contributed by atoms with Crippen LogP contribution >= 0.6 is 0 Å². The fourth-order valence-electron chi connectivity index (χ4n) is 4.03. The molecule has 1 amide bonds. The van der Waals surface area contributed by atoms with Gasteiger partial charge in [0.05, 0.1) is 25.7 Å². The smallest absolute Gasteiger partial charge is 0.312 e. The van der Waals surface area contributed by atoms with E-state index in [1.807, 2.05) is 43.3 Å². The van der Waals surface area contributed by atoms with Crippen molar-refractivity contribution in [1.82, 2.24) is 4.90 Å². The average Bonchev–Trinajstić information content (AvgIpc) is 3.18. The monoisotopic (exact) mass is 313 g/mol. The number of hydrogen-bond donors (Lipinski definition) is 0. The number of amides is 1. The van der Waals surface area contributed by atoms with Crippen LogP contribution in [0.5, 0.6) is 0 Å². The van der Waals surface area contributed by atoms with E-state index in [2.05, 4.69) is 0 Å². The first-order valence-electron chi connectivity index (χ1n) is 7.83. The summed E-state index contributed by atoms with van der Waals surface area (Å²) >= 11 is 0. The van der Waals surface area contributed by atoms with E-state index in [0.29, 0.717) is 13.1 Å². The molecule has 23 heavy (non-hydrogen) atoms. The summed E-state index contributed by atoms with van der Waals surface area (Å²) in [6.07, 6.45) is 3.51. The second-order valence-electron chi connectivity index (χ2n) is 6.60. The van der Waals surface area contributed by atoms with Gasteiger partial charge >= 0.3 is 5.97 Å². The molecule has 3 aliphatic heterocycles. The summed E-state index contributed by atoms with van der Waals surface area (Å²) in [6.45, 7) is 3.06. The van der Waals surface area contributed by atoms with E-state index >= 15 is 0 Å². The molecule has 3 aliphatic rings. The summed E-state index contributed by atoms with van der Waals surface area (Å²) in [5.41, 5.74) is 1.60. The highest BCUT2D eigenvalue weighted by Gasteiger charge is 2.67.